The number of hydrogen-bond donors (Lipinski definition) is 1. The molecule has 4 nitrogen and oxygen atoms in total. The molecule has 2 aliphatic heterocycles. The molecule has 3 unspecified atom stereocenters. The van der Waals surface area contributed by atoms with E-state index in [1.165, 1.54) is 12.8 Å². The summed E-state index contributed by atoms with van der Waals surface area (Å²) < 4.78 is 23.4. The fourth-order valence-corrected chi connectivity index (χ4v) is 5.49. The van der Waals surface area contributed by atoms with E-state index >= 15 is 0 Å². The highest BCUT2D eigenvalue weighted by molar-refractivity contribution is 7.92. The molecule has 1 saturated carbocycles. The molecule has 0 aromatic rings. The number of hydrogen-bond acceptors (Lipinski definition) is 4. The molecular weight excluding hydrogens is 200 g/mol. The van der Waals surface area contributed by atoms with E-state index in [1.807, 2.05) is 0 Å². The van der Waals surface area contributed by atoms with Gasteiger partial charge < -0.3 is 5.73 Å². The van der Waals surface area contributed by atoms with Crippen LogP contribution < -0.4 is 5.73 Å². The second kappa shape index (κ2) is 2.71. The molecule has 14 heavy (non-hydrogen) atoms. The molecule has 2 saturated heterocycles. The summed E-state index contributed by atoms with van der Waals surface area (Å²) in [5.41, 5.74) is 5.69. The molecule has 3 atom stereocenters. The topological polar surface area (TPSA) is 63.4 Å². The van der Waals surface area contributed by atoms with Crippen LogP contribution >= 0.6 is 0 Å². The van der Waals surface area contributed by atoms with Crippen LogP contribution in [0.1, 0.15) is 19.3 Å². The summed E-state index contributed by atoms with van der Waals surface area (Å²) in [5.74, 6) is 0.380. The van der Waals surface area contributed by atoms with E-state index in [0.29, 0.717) is 18.3 Å². The van der Waals surface area contributed by atoms with Gasteiger partial charge in [-0.05, 0) is 19.3 Å². The van der Waals surface area contributed by atoms with Crippen molar-refractivity contribution in [1.29, 1.82) is 0 Å². The minimum absolute atomic E-state index is 0.117. The van der Waals surface area contributed by atoms with Crippen LogP contribution in [0.25, 0.3) is 0 Å². The van der Waals surface area contributed by atoms with Crippen LogP contribution in [-0.4, -0.2) is 49.0 Å². The molecule has 80 valence electrons. The van der Waals surface area contributed by atoms with Gasteiger partial charge in [0.15, 0.2) is 9.84 Å². The van der Waals surface area contributed by atoms with Crippen molar-refractivity contribution in [3.8, 4) is 0 Å². The Morgan fingerprint density at radius 2 is 2.00 bits per heavy atom. The molecule has 2 heterocycles. The summed E-state index contributed by atoms with van der Waals surface area (Å²) in [6, 6.07) is 1.05. The summed E-state index contributed by atoms with van der Waals surface area (Å²) in [6.07, 6.45) is 3.31. The number of rotatable bonds is 2. The highest BCUT2D eigenvalue weighted by atomic mass is 32.2. The van der Waals surface area contributed by atoms with Gasteiger partial charge in [0.1, 0.15) is 0 Å². The lowest BCUT2D eigenvalue weighted by molar-refractivity contribution is 0.191. The van der Waals surface area contributed by atoms with E-state index in [1.54, 1.807) is 0 Å². The van der Waals surface area contributed by atoms with Crippen molar-refractivity contribution in [3.05, 3.63) is 0 Å². The third kappa shape index (κ3) is 1.09. The third-order valence-electron chi connectivity index (χ3n) is 3.83. The first kappa shape index (κ1) is 9.12. The minimum Gasteiger partial charge on any atom is -0.329 e. The van der Waals surface area contributed by atoms with Crippen LogP contribution in [0, 0.1) is 0 Å². The Hall–Kier alpha value is -0.130. The van der Waals surface area contributed by atoms with Crippen LogP contribution in [0.15, 0.2) is 0 Å². The van der Waals surface area contributed by atoms with E-state index in [2.05, 4.69) is 4.90 Å². The Labute approximate surface area is 84.4 Å². The Morgan fingerprint density at radius 3 is 2.57 bits per heavy atom. The molecule has 0 radical (unpaired) electrons. The average Bonchev–Trinajstić information content (AvgIpc) is 2.82. The van der Waals surface area contributed by atoms with Crippen molar-refractivity contribution in [3.63, 3.8) is 0 Å². The quantitative estimate of drug-likeness (QED) is 0.666. The number of likely N-dealkylation sites (tertiary alicyclic amines) is 1. The van der Waals surface area contributed by atoms with Gasteiger partial charge in [-0.1, -0.05) is 0 Å². The van der Waals surface area contributed by atoms with Crippen molar-refractivity contribution in [2.45, 2.75) is 42.6 Å². The van der Waals surface area contributed by atoms with Gasteiger partial charge in [-0.2, -0.15) is 0 Å². The summed E-state index contributed by atoms with van der Waals surface area (Å²) in [4.78, 5) is 2.39. The lowest BCUT2D eigenvalue weighted by Gasteiger charge is -2.34. The summed E-state index contributed by atoms with van der Waals surface area (Å²) in [7, 11) is -2.81. The standard InChI is InChI=1S/C9H16N2O2S/c10-4-8-9-3-7(5-14(9,12)13)11(8)6-1-2-6/h6-9H,1-5,10H2. The van der Waals surface area contributed by atoms with Gasteiger partial charge in [-0.15, -0.1) is 0 Å². The molecule has 0 aromatic carbocycles. The lowest BCUT2D eigenvalue weighted by atomic mass is 10.2. The van der Waals surface area contributed by atoms with Gasteiger partial charge in [0.05, 0.1) is 11.0 Å². The largest absolute Gasteiger partial charge is 0.329 e. The molecule has 0 aromatic heterocycles. The van der Waals surface area contributed by atoms with Gasteiger partial charge >= 0.3 is 0 Å². The molecule has 5 heteroatoms. The van der Waals surface area contributed by atoms with E-state index in [4.69, 9.17) is 5.73 Å². The van der Waals surface area contributed by atoms with Crippen molar-refractivity contribution < 1.29 is 8.42 Å². The highest BCUT2D eigenvalue weighted by Crippen LogP contribution is 2.44. The first-order valence-corrected chi connectivity index (χ1v) is 7.04. The third-order valence-corrected chi connectivity index (χ3v) is 6.11. The first-order valence-electron chi connectivity index (χ1n) is 5.32. The molecule has 1 aliphatic carbocycles. The number of sulfone groups is 1. The van der Waals surface area contributed by atoms with Gasteiger partial charge in [-0.3, -0.25) is 4.90 Å². The zero-order valence-corrected chi connectivity index (χ0v) is 8.91. The Balaban J connectivity index is 1.92. The predicted octanol–water partition coefficient (Wildman–Crippen LogP) is -0.653. The molecule has 3 fully saturated rings. The zero-order chi connectivity index (χ0) is 9.92. The smallest absolute Gasteiger partial charge is 0.156 e. The van der Waals surface area contributed by atoms with Crippen LogP contribution in [0.4, 0.5) is 0 Å². The second-order valence-electron chi connectivity index (χ2n) is 4.74. The molecule has 3 aliphatic rings. The first-order chi connectivity index (χ1) is 6.63. The van der Waals surface area contributed by atoms with E-state index in [-0.39, 0.29) is 17.3 Å². The van der Waals surface area contributed by atoms with Crippen molar-refractivity contribution in [2.24, 2.45) is 5.73 Å². The van der Waals surface area contributed by atoms with Crippen LogP contribution in [0.5, 0.6) is 0 Å². The summed E-state index contributed by atoms with van der Waals surface area (Å²) in [6.45, 7) is 0.497. The van der Waals surface area contributed by atoms with Crippen LogP contribution in [0.2, 0.25) is 0 Å². The normalized spacial score (nSPS) is 45.9. The lowest BCUT2D eigenvalue weighted by Crippen LogP contribution is -2.52. The monoisotopic (exact) mass is 216 g/mol. The maximum absolute atomic E-state index is 11.7. The van der Waals surface area contributed by atoms with Crippen molar-refractivity contribution >= 4 is 9.84 Å². The van der Waals surface area contributed by atoms with Crippen molar-refractivity contribution in [1.82, 2.24) is 4.90 Å². The minimum atomic E-state index is -2.81. The fraction of sp³-hybridized carbons (Fsp3) is 1.00. The molecular formula is C9H16N2O2S. The predicted molar refractivity (Wildman–Crippen MR) is 53.7 cm³/mol. The SMILES string of the molecule is NCC1C2CC(CS2(=O)=O)N1C1CC1. The number of fused-ring (bicyclic) bond motifs is 2. The number of nitrogens with zero attached hydrogens (tertiary/aromatic N) is 1. The maximum atomic E-state index is 11.7. The maximum Gasteiger partial charge on any atom is 0.156 e. The van der Waals surface area contributed by atoms with Gasteiger partial charge in [0, 0.05) is 24.7 Å². The second-order valence-corrected chi connectivity index (χ2v) is 7.00. The van der Waals surface area contributed by atoms with E-state index < -0.39 is 9.84 Å². The van der Waals surface area contributed by atoms with Gasteiger partial charge in [0.2, 0.25) is 0 Å². The summed E-state index contributed by atoms with van der Waals surface area (Å²) in [5, 5.41) is -0.155. The Kier molecular flexibility index (Phi) is 1.77. The van der Waals surface area contributed by atoms with E-state index in [0.717, 1.165) is 6.42 Å². The van der Waals surface area contributed by atoms with E-state index in [9.17, 15) is 8.42 Å². The molecule has 2 bridgehead atoms. The van der Waals surface area contributed by atoms with Crippen molar-refractivity contribution in [2.75, 3.05) is 12.3 Å². The Morgan fingerprint density at radius 1 is 1.29 bits per heavy atom. The number of nitrogens with two attached hydrogens (primary N) is 1. The molecule has 2 N–H and O–H groups in total. The molecule has 0 amide bonds. The average molecular weight is 216 g/mol. The molecule has 0 spiro atoms. The fourth-order valence-electron chi connectivity index (χ4n) is 3.16. The zero-order valence-electron chi connectivity index (χ0n) is 8.09. The summed E-state index contributed by atoms with van der Waals surface area (Å²) >= 11 is 0. The van der Waals surface area contributed by atoms with Gasteiger partial charge in [0.25, 0.3) is 0 Å². The van der Waals surface area contributed by atoms with Gasteiger partial charge in [-0.25, -0.2) is 8.42 Å². The molecule has 3 rings (SSSR count). The van der Waals surface area contributed by atoms with Crippen LogP contribution in [-0.2, 0) is 9.84 Å². The Bertz CT molecular complexity index is 350. The highest BCUT2D eigenvalue weighted by Gasteiger charge is 2.57. The van der Waals surface area contributed by atoms with Crippen LogP contribution in [0.3, 0.4) is 0 Å².